The number of aryl methyl sites for hydroxylation is 2. The van der Waals surface area contributed by atoms with Gasteiger partial charge in [0, 0.05) is 29.9 Å². The average Bonchev–Trinajstić information content (AvgIpc) is 3.05. The summed E-state index contributed by atoms with van der Waals surface area (Å²) in [6.45, 7) is 5.57. The van der Waals surface area contributed by atoms with Gasteiger partial charge in [0.25, 0.3) is 0 Å². The van der Waals surface area contributed by atoms with E-state index in [9.17, 15) is 0 Å². The Balaban J connectivity index is 2.07. The van der Waals surface area contributed by atoms with E-state index in [1.54, 1.807) is 18.4 Å². The summed E-state index contributed by atoms with van der Waals surface area (Å²) in [5.74, 6) is 0.975. The minimum absolute atomic E-state index is 0.457. The molecule has 0 amide bonds. The molecule has 134 valence electrons. The molecule has 0 aliphatic rings. The highest BCUT2D eigenvalue weighted by Gasteiger charge is 2.07. The van der Waals surface area contributed by atoms with Crippen molar-refractivity contribution in [2.75, 3.05) is 25.6 Å². The van der Waals surface area contributed by atoms with E-state index in [1.165, 1.54) is 0 Å². The molecule has 0 fully saturated rings. The van der Waals surface area contributed by atoms with E-state index in [1.807, 2.05) is 37.4 Å². The molecule has 0 bridgehead atoms. The van der Waals surface area contributed by atoms with Crippen LogP contribution in [0.2, 0.25) is 0 Å². The van der Waals surface area contributed by atoms with E-state index in [4.69, 9.17) is 17.0 Å². The lowest BCUT2D eigenvalue weighted by atomic mass is 10.4. The van der Waals surface area contributed by atoms with Gasteiger partial charge in [-0.1, -0.05) is 6.07 Å². The van der Waals surface area contributed by atoms with Gasteiger partial charge in [0.15, 0.2) is 5.11 Å². The van der Waals surface area contributed by atoms with Gasteiger partial charge in [0.1, 0.15) is 0 Å². The first-order chi connectivity index (χ1) is 12.1. The molecular weight excluding hydrogens is 356 g/mol. The predicted octanol–water partition coefficient (Wildman–Crippen LogP) is 2.23. The Kier molecular flexibility index (Phi) is 7.71. The third-order valence-electron chi connectivity index (χ3n) is 3.01. The maximum absolute atomic E-state index is 5.29. The van der Waals surface area contributed by atoms with Crippen LogP contribution in [-0.2, 0) is 11.3 Å². The van der Waals surface area contributed by atoms with Crippen LogP contribution in [-0.4, -0.2) is 41.3 Å². The number of aromatic nitrogens is 2. The minimum Gasteiger partial charge on any atom is -0.383 e. The van der Waals surface area contributed by atoms with Gasteiger partial charge in [0.2, 0.25) is 11.9 Å². The zero-order valence-electron chi connectivity index (χ0n) is 14.5. The fraction of sp³-hybridized carbons (Fsp3) is 0.375. The first-order valence-electron chi connectivity index (χ1n) is 7.76. The molecule has 9 heteroatoms. The van der Waals surface area contributed by atoms with Crippen LogP contribution >= 0.6 is 23.6 Å². The molecule has 0 aliphatic heterocycles. The summed E-state index contributed by atoms with van der Waals surface area (Å²) in [6, 6.07) is 5.95. The molecule has 0 spiro atoms. The van der Waals surface area contributed by atoms with Crippen molar-refractivity contribution in [2.45, 2.75) is 20.4 Å². The molecule has 7 nitrogen and oxygen atoms in total. The molecule has 2 rings (SSSR count). The van der Waals surface area contributed by atoms with Gasteiger partial charge in [-0.15, -0.1) is 11.3 Å². The van der Waals surface area contributed by atoms with Gasteiger partial charge in [-0.05, 0) is 43.6 Å². The molecule has 0 aliphatic carbocycles. The number of nitrogens with zero attached hydrogens (tertiary/aromatic N) is 3. The highest BCUT2D eigenvalue weighted by molar-refractivity contribution is 7.80. The maximum Gasteiger partial charge on any atom is 0.229 e. The number of thiophene rings is 1. The summed E-state index contributed by atoms with van der Waals surface area (Å²) in [5, 5.41) is 11.7. The van der Waals surface area contributed by atoms with Crippen molar-refractivity contribution >= 4 is 40.6 Å². The predicted molar refractivity (Wildman–Crippen MR) is 106 cm³/mol. The van der Waals surface area contributed by atoms with Crippen LogP contribution in [0.5, 0.6) is 0 Å². The van der Waals surface area contributed by atoms with Gasteiger partial charge in [-0.3, -0.25) is 5.32 Å². The first kappa shape index (κ1) is 19.2. The molecule has 2 heterocycles. The van der Waals surface area contributed by atoms with Crippen LogP contribution in [0.1, 0.15) is 16.3 Å². The Bertz CT molecular complexity index is 697. The van der Waals surface area contributed by atoms with Crippen LogP contribution in [0.25, 0.3) is 0 Å². The van der Waals surface area contributed by atoms with Crippen molar-refractivity contribution < 1.29 is 4.74 Å². The monoisotopic (exact) mass is 378 g/mol. The number of ether oxygens (including phenoxy) is 1. The zero-order chi connectivity index (χ0) is 18.1. The lowest BCUT2D eigenvalue weighted by molar-refractivity contribution is 0.204. The summed E-state index contributed by atoms with van der Waals surface area (Å²) in [5.41, 5.74) is 1.77. The van der Waals surface area contributed by atoms with Crippen LogP contribution in [0.4, 0.5) is 5.95 Å². The lowest BCUT2D eigenvalue weighted by Crippen LogP contribution is -2.43. The van der Waals surface area contributed by atoms with Crippen molar-refractivity contribution in [3.8, 4) is 0 Å². The molecule has 2 aromatic rings. The van der Waals surface area contributed by atoms with Crippen LogP contribution < -0.4 is 16.0 Å². The second-order valence-electron chi connectivity index (χ2n) is 5.22. The molecule has 3 N–H and O–H groups in total. The summed E-state index contributed by atoms with van der Waals surface area (Å²) in [6.07, 6.45) is 0. The Hall–Kier alpha value is -2.10. The van der Waals surface area contributed by atoms with E-state index in [0.29, 0.717) is 36.7 Å². The number of hydrogen-bond donors (Lipinski definition) is 3. The number of thiocarbonyl (C=S) groups is 1. The molecule has 0 saturated heterocycles. The minimum atomic E-state index is 0.457. The van der Waals surface area contributed by atoms with E-state index < -0.39 is 0 Å². The van der Waals surface area contributed by atoms with Gasteiger partial charge < -0.3 is 15.4 Å². The second kappa shape index (κ2) is 10.0. The van der Waals surface area contributed by atoms with Crippen LogP contribution in [0.3, 0.4) is 0 Å². The van der Waals surface area contributed by atoms with Crippen molar-refractivity contribution in [3.63, 3.8) is 0 Å². The van der Waals surface area contributed by atoms with Crippen LogP contribution in [0.15, 0.2) is 28.6 Å². The highest BCUT2D eigenvalue weighted by atomic mass is 32.1. The smallest absolute Gasteiger partial charge is 0.229 e. The highest BCUT2D eigenvalue weighted by Crippen LogP contribution is 2.10. The van der Waals surface area contributed by atoms with Crippen LogP contribution in [0, 0.1) is 13.8 Å². The summed E-state index contributed by atoms with van der Waals surface area (Å²) >= 11 is 6.94. The standard InChI is InChI=1S/C16H22N6OS2/c1-11-9-12(2)20-15(19-11)21-14(18-10-13-5-4-8-25-13)22-16(24)17-6-7-23-3/h4-5,8-9H,6-7,10H2,1-3H3,(H3,17,18,19,20,21,22,24). The van der Waals surface area contributed by atoms with Gasteiger partial charge >= 0.3 is 0 Å². The molecule has 0 radical (unpaired) electrons. The normalized spacial score (nSPS) is 11.2. The quantitative estimate of drug-likeness (QED) is 0.308. The number of guanidine groups is 1. The number of hydrogen-bond acceptors (Lipinski definition) is 6. The number of anilines is 1. The lowest BCUT2D eigenvalue weighted by Gasteiger charge is -2.14. The van der Waals surface area contributed by atoms with Gasteiger partial charge in [-0.25, -0.2) is 15.0 Å². The molecular formula is C16H22N6OS2. The number of aliphatic imine (C=N–C) groups is 1. The first-order valence-corrected chi connectivity index (χ1v) is 9.05. The van der Waals surface area contributed by atoms with Crippen molar-refractivity contribution in [2.24, 2.45) is 4.99 Å². The Morgan fingerprint density at radius 1 is 1.32 bits per heavy atom. The van der Waals surface area contributed by atoms with Crippen molar-refractivity contribution in [1.82, 2.24) is 20.6 Å². The molecule has 0 aromatic carbocycles. The third-order valence-corrected chi connectivity index (χ3v) is 4.12. The van der Waals surface area contributed by atoms with Gasteiger partial charge in [0.05, 0.1) is 13.2 Å². The van der Waals surface area contributed by atoms with Crippen molar-refractivity contribution in [3.05, 3.63) is 39.8 Å². The van der Waals surface area contributed by atoms with E-state index in [0.717, 1.165) is 16.3 Å². The Labute approximate surface area is 157 Å². The fourth-order valence-electron chi connectivity index (χ4n) is 1.98. The summed E-state index contributed by atoms with van der Waals surface area (Å²) in [4.78, 5) is 14.5. The van der Waals surface area contributed by atoms with Gasteiger partial charge in [-0.2, -0.15) is 0 Å². The average molecular weight is 379 g/mol. The molecule has 25 heavy (non-hydrogen) atoms. The maximum atomic E-state index is 5.29. The van der Waals surface area contributed by atoms with Crippen molar-refractivity contribution in [1.29, 1.82) is 0 Å². The number of methoxy groups -OCH3 is 1. The Morgan fingerprint density at radius 3 is 2.72 bits per heavy atom. The molecule has 0 unspecified atom stereocenters. The Morgan fingerprint density at radius 2 is 2.08 bits per heavy atom. The molecule has 2 aromatic heterocycles. The van der Waals surface area contributed by atoms with E-state index in [-0.39, 0.29) is 0 Å². The SMILES string of the molecule is COCCNC(=S)NC(=NCc1cccs1)Nc1nc(C)cc(C)n1. The molecule has 0 saturated carbocycles. The second-order valence-corrected chi connectivity index (χ2v) is 6.66. The number of rotatable bonds is 6. The van der Waals surface area contributed by atoms with E-state index >= 15 is 0 Å². The largest absolute Gasteiger partial charge is 0.383 e. The molecule has 0 atom stereocenters. The summed E-state index contributed by atoms with van der Waals surface area (Å²) in [7, 11) is 1.64. The van der Waals surface area contributed by atoms with E-state index in [2.05, 4.69) is 30.9 Å². The fourth-order valence-corrected chi connectivity index (χ4v) is 2.80. The topological polar surface area (TPSA) is 83.5 Å². The summed E-state index contributed by atoms with van der Waals surface area (Å²) < 4.78 is 5.00. The number of nitrogens with one attached hydrogen (secondary N) is 3. The third kappa shape index (κ3) is 7.12. The zero-order valence-corrected chi connectivity index (χ0v) is 16.1.